The summed E-state index contributed by atoms with van der Waals surface area (Å²) in [7, 11) is 4.07. The van der Waals surface area contributed by atoms with E-state index in [9.17, 15) is 19.5 Å². The second-order valence-corrected chi connectivity index (χ2v) is 11.4. The number of fused-ring (bicyclic) bond motifs is 1. The van der Waals surface area contributed by atoms with E-state index in [1.54, 1.807) is 25.2 Å². The van der Waals surface area contributed by atoms with Crippen molar-refractivity contribution >= 4 is 41.1 Å². The van der Waals surface area contributed by atoms with Gasteiger partial charge in [-0.15, -0.1) is 0 Å². The van der Waals surface area contributed by atoms with E-state index in [0.29, 0.717) is 11.7 Å². The summed E-state index contributed by atoms with van der Waals surface area (Å²) in [5.74, 6) is 6.00. The molecule has 5 rings (SSSR count). The molecule has 1 fully saturated rings. The molecule has 44 heavy (non-hydrogen) atoms. The Kier molecular flexibility index (Phi) is 14.0. The van der Waals surface area contributed by atoms with Gasteiger partial charge < -0.3 is 15.5 Å². The molecule has 3 atom stereocenters. The van der Waals surface area contributed by atoms with Crippen LogP contribution in [0.25, 0.3) is 22.2 Å². The summed E-state index contributed by atoms with van der Waals surface area (Å²) in [6, 6.07) is 13.9. The fraction of sp³-hybridized carbons (Fsp3) is 0.364. The summed E-state index contributed by atoms with van der Waals surface area (Å²) in [5, 5.41) is 20.4. The first-order valence-electron chi connectivity index (χ1n) is 14.4. The van der Waals surface area contributed by atoms with E-state index in [1.165, 1.54) is 7.05 Å². The standard InChI is InChI=1S/C27H25N3O2S.C5H10N2O2.CH4O/c31-27(32)26-2-1-17-30(26)33-23-12-7-20(8-13-23)4-3-19-5-9-21(10-6-19)24-14-11-22-18-28-16-15-25(22)29-24;1-6-3-5(9)7(2)4-8;1-2/h5-7,9-12,14-16,18,20,23,26H,1-2,8,13,17H2,(H,31,32);4,6H,3H2,1-2H3;2H,1H3. The van der Waals surface area contributed by atoms with Crippen LogP contribution in [0.1, 0.15) is 31.2 Å². The summed E-state index contributed by atoms with van der Waals surface area (Å²) in [5.41, 5.74) is 3.94. The fourth-order valence-electron chi connectivity index (χ4n) is 4.65. The zero-order chi connectivity index (χ0) is 31.9. The number of rotatable bonds is 7. The molecule has 3 aromatic rings. The van der Waals surface area contributed by atoms with Crippen LogP contribution in [0, 0.1) is 17.8 Å². The molecule has 232 valence electrons. The van der Waals surface area contributed by atoms with Crippen LogP contribution in [-0.4, -0.2) is 93.3 Å². The van der Waals surface area contributed by atoms with Gasteiger partial charge in [0.1, 0.15) is 6.04 Å². The van der Waals surface area contributed by atoms with Crippen LogP contribution < -0.4 is 5.32 Å². The highest BCUT2D eigenvalue weighted by atomic mass is 32.2. The third-order valence-corrected chi connectivity index (χ3v) is 8.40. The van der Waals surface area contributed by atoms with Crippen LogP contribution in [0.3, 0.4) is 0 Å². The predicted octanol–water partition coefficient (Wildman–Crippen LogP) is 3.61. The Morgan fingerprint density at radius 1 is 1.11 bits per heavy atom. The zero-order valence-corrected chi connectivity index (χ0v) is 26.0. The van der Waals surface area contributed by atoms with Crippen molar-refractivity contribution in [3.8, 4) is 23.1 Å². The van der Waals surface area contributed by atoms with Gasteiger partial charge >= 0.3 is 5.97 Å². The Labute approximate surface area is 262 Å². The summed E-state index contributed by atoms with van der Waals surface area (Å²) in [6.07, 6.45) is 12.2. The van der Waals surface area contributed by atoms with Crippen LogP contribution in [-0.2, 0) is 14.4 Å². The van der Waals surface area contributed by atoms with Crippen molar-refractivity contribution in [1.29, 1.82) is 0 Å². The number of carboxylic acids is 1. The number of pyridine rings is 2. The molecule has 2 aromatic heterocycles. The van der Waals surface area contributed by atoms with Gasteiger partial charge in [0.05, 0.1) is 17.8 Å². The van der Waals surface area contributed by atoms with E-state index < -0.39 is 5.97 Å². The molecule has 1 aromatic carbocycles. The van der Waals surface area contributed by atoms with Gasteiger partial charge in [-0.3, -0.25) is 24.3 Å². The number of aliphatic hydroxyl groups is 1. The molecule has 11 heteroatoms. The molecule has 0 spiro atoms. The normalized spacial score (nSPS) is 19.0. The number of aliphatic hydroxyl groups excluding tert-OH is 1. The van der Waals surface area contributed by atoms with Gasteiger partial charge in [-0.25, -0.2) is 9.29 Å². The molecule has 0 saturated carbocycles. The quantitative estimate of drug-likeness (QED) is 0.156. The number of hydrogen-bond acceptors (Lipinski definition) is 9. The summed E-state index contributed by atoms with van der Waals surface area (Å²) < 4.78 is 2.05. The SMILES string of the molecule is CNCC(=O)N(C)C=O.CO.O=C(O)C1CCCN1SC1C=CC(C#Cc2ccc(-c3ccc4cnccc4n3)cc2)CC1. The molecule has 1 saturated heterocycles. The minimum Gasteiger partial charge on any atom is -0.480 e. The van der Waals surface area contributed by atoms with Gasteiger partial charge in [0.2, 0.25) is 12.3 Å². The number of imide groups is 1. The molecule has 0 bridgehead atoms. The van der Waals surface area contributed by atoms with Crippen LogP contribution in [0.5, 0.6) is 0 Å². The van der Waals surface area contributed by atoms with Crippen molar-refractivity contribution in [3.63, 3.8) is 0 Å². The highest BCUT2D eigenvalue weighted by Crippen LogP contribution is 2.34. The highest BCUT2D eigenvalue weighted by molar-refractivity contribution is 7.97. The van der Waals surface area contributed by atoms with Crippen molar-refractivity contribution < 1.29 is 24.6 Å². The van der Waals surface area contributed by atoms with E-state index in [2.05, 4.69) is 46.4 Å². The molecular formula is C33H39N5O5S. The molecule has 2 amide bonds. The Morgan fingerprint density at radius 3 is 2.55 bits per heavy atom. The van der Waals surface area contributed by atoms with Gasteiger partial charge in [0.25, 0.3) is 0 Å². The van der Waals surface area contributed by atoms with Crippen molar-refractivity contribution in [2.45, 2.75) is 37.0 Å². The van der Waals surface area contributed by atoms with Crippen molar-refractivity contribution in [2.75, 3.05) is 34.3 Å². The van der Waals surface area contributed by atoms with E-state index in [4.69, 9.17) is 10.1 Å². The first kappa shape index (κ1) is 34.4. The van der Waals surface area contributed by atoms with Gasteiger partial charge in [0.15, 0.2) is 0 Å². The number of nitrogens with one attached hydrogen (secondary N) is 1. The van der Waals surface area contributed by atoms with E-state index >= 15 is 0 Å². The number of carbonyl (C=O) groups is 3. The maximum Gasteiger partial charge on any atom is 0.321 e. The molecule has 1 aliphatic heterocycles. The maximum atomic E-state index is 11.4. The Hall–Kier alpha value is -4.08. The fourth-order valence-corrected chi connectivity index (χ4v) is 5.98. The number of hydrogen-bond donors (Lipinski definition) is 3. The zero-order valence-electron chi connectivity index (χ0n) is 25.2. The number of aromatic nitrogens is 2. The van der Waals surface area contributed by atoms with Crippen LogP contribution >= 0.6 is 11.9 Å². The minimum absolute atomic E-state index is 0.204. The molecule has 10 nitrogen and oxygen atoms in total. The second-order valence-electron chi connectivity index (χ2n) is 10.1. The topological polar surface area (TPSA) is 136 Å². The third-order valence-electron chi connectivity index (χ3n) is 7.03. The monoisotopic (exact) mass is 617 g/mol. The summed E-state index contributed by atoms with van der Waals surface area (Å²) in [4.78, 5) is 41.8. The van der Waals surface area contributed by atoms with Crippen molar-refractivity contribution in [3.05, 3.63) is 72.6 Å². The molecule has 2 aliphatic rings. The number of likely N-dealkylation sites (N-methyl/N-ethyl adjacent to an activating group) is 2. The van der Waals surface area contributed by atoms with E-state index in [0.717, 1.165) is 72.0 Å². The Morgan fingerprint density at radius 2 is 1.89 bits per heavy atom. The van der Waals surface area contributed by atoms with Gasteiger partial charge in [0, 0.05) is 60.8 Å². The first-order chi connectivity index (χ1) is 21.4. The molecule has 0 radical (unpaired) electrons. The smallest absolute Gasteiger partial charge is 0.321 e. The van der Waals surface area contributed by atoms with E-state index in [-0.39, 0.29) is 24.4 Å². The first-order valence-corrected chi connectivity index (χ1v) is 15.2. The van der Waals surface area contributed by atoms with Crippen LogP contribution in [0.15, 0.2) is 67.0 Å². The molecule has 1 aliphatic carbocycles. The predicted molar refractivity (Wildman–Crippen MR) is 173 cm³/mol. The summed E-state index contributed by atoms with van der Waals surface area (Å²) >= 11 is 1.69. The number of amides is 2. The number of carboxylic acid groups (broad SMARTS) is 1. The Bertz CT molecular complexity index is 1490. The van der Waals surface area contributed by atoms with Gasteiger partial charge in [-0.2, -0.15) is 0 Å². The molecule has 3 heterocycles. The number of nitrogens with zero attached hydrogens (tertiary/aromatic N) is 4. The van der Waals surface area contributed by atoms with Crippen molar-refractivity contribution in [1.82, 2.24) is 24.5 Å². The number of benzene rings is 1. The maximum absolute atomic E-state index is 11.4. The number of aliphatic carboxylic acids is 1. The molecule has 3 unspecified atom stereocenters. The lowest BCUT2D eigenvalue weighted by Crippen LogP contribution is -2.32. The number of carbonyl (C=O) groups excluding carboxylic acids is 2. The third kappa shape index (κ3) is 9.99. The minimum atomic E-state index is -0.705. The molecule has 3 N–H and O–H groups in total. The lowest BCUT2D eigenvalue weighted by atomic mass is 9.96. The summed E-state index contributed by atoms with van der Waals surface area (Å²) in [6.45, 7) is 1.06. The van der Waals surface area contributed by atoms with Crippen LogP contribution in [0.4, 0.5) is 0 Å². The average molecular weight is 618 g/mol. The molecular weight excluding hydrogens is 578 g/mol. The van der Waals surface area contributed by atoms with Gasteiger partial charge in [-0.05, 0) is 63.1 Å². The van der Waals surface area contributed by atoms with E-state index in [1.807, 2.05) is 40.8 Å². The van der Waals surface area contributed by atoms with Crippen LogP contribution in [0.2, 0.25) is 0 Å². The average Bonchev–Trinajstić information content (AvgIpc) is 3.54. The lowest BCUT2D eigenvalue weighted by Gasteiger charge is -2.26. The van der Waals surface area contributed by atoms with Crippen molar-refractivity contribution in [2.24, 2.45) is 5.92 Å². The largest absolute Gasteiger partial charge is 0.480 e. The highest BCUT2D eigenvalue weighted by Gasteiger charge is 2.32. The van der Waals surface area contributed by atoms with Gasteiger partial charge in [-0.1, -0.05) is 48.1 Å². The lowest BCUT2D eigenvalue weighted by molar-refractivity contribution is -0.140. The number of allylic oxidation sites excluding steroid dienone is 1. The second kappa shape index (κ2) is 17.9. The Balaban J connectivity index is 0.000000416.